The molecule has 0 saturated carbocycles. The molecule has 4 N–H and O–H groups in total. The lowest BCUT2D eigenvalue weighted by Crippen LogP contribution is -2.39. The average Bonchev–Trinajstić information content (AvgIpc) is 3.19. The molecule has 3 rings (SSSR count). The summed E-state index contributed by atoms with van der Waals surface area (Å²) < 4.78 is 37.0. The molecule has 12 heteroatoms. The van der Waals surface area contributed by atoms with Gasteiger partial charge in [0.15, 0.2) is 17.2 Å². The predicted octanol–water partition coefficient (Wildman–Crippen LogP) is 3.37. The Morgan fingerprint density at radius 2 is 2.09 bits per heavy atom. The first-order valence-electron chi connectivity index (χ1n) is 11.0. The van der Waals surface area contributed by atoms with Crippen molar-refractivity contribution in [2.45, 2.75) is 45.3 Å². The summed E-state index contributed by atoms with van der Waals surface area (Å²) in [6.07, 6.45) is 3.11. The first kappa shape index (κ1) is 25.8. The Labute approximate surface area is 199 Å². The third-order valence-electron chi connectivity index (χ3n) is 5.49. The molecule has 1 aliphatic heterocycles. The number of halogens is 2. The number of carbonyl (C=O) groups is 2. The fraction of sp³-hybridized carbons (Fsp3) is 0.500. The van der Waals surface area contributed by atoms with Crippen molar-refractivity contribution < 1.29 is 33.3 Å². The van der Waals surface area contributed by atoms with Gasteiger partial charge in [0.1, 0.15) is 11.6 Å². The van der Waals surface area contributed by atoms with E-state index in [1.54, 1.807) is 0 Å². The SMILES string of the molecule is Cc1ccc(COc2nsc(NC(=O)NCCCCN3CCCC(O)C3)c2C(=O)O)c(F)c1F. The third-order valence-corrected chi connectivity index (χ3v) is 6.23. The van der Waals surface area contributed by atoms with Gasteiger partial charge in [-0.2, -0.15) is 4.37 Å². The summed E-state index contributed by atoms with van der Waals surface area (Å²) in [6.45, 7) is 3.87. The number of likely N-dealkylation sites (tertiary alicyclic amines) is 1. The molecular formula is C22H28F2N4O5S. The van der Waals surface area contributed by atoms with Crippen molar-refractivity contribution in [3.63, 3.8) is 0 Å². The van der Waals surface area contributed by atoms with E-state index in [-0.39, 0.29) is 33.7 Å². The van der Waals surface area contributed by atoms with Crippen LogP contribution >= 0.6 is 11.5 Å². The zero-order chi connectivity index (χ0) is 24.7. The van der Waals surface area contributed by atoms with Crippen LogP contribution in [-0.4, -0.2) is 63.8 Å². The molecule has 2 amide bonds. The lowest BCUT2D eigenvalue weighted by atomic mass is 10.1. The van der Waals surface area contributed by atoms with Crippen LogP contribution in [0.1, 0.15) is 47.2 Å². The number of carboxylic acids is 1. The van der Waals surface area contributed by atoms with Gasteiger partial charge in [0.2, 0.25) is 5.88 Å². The number of aromatic carboxylic acids is 1. The second-order valence-electron chi connectivity index (χ2n) is 8.14. The Balaban J connectivity index is 1.48. The van der Waals surface area contributed by atoms with Crippen LogP contribution in [0.4, 0.5) is 18.6 Å². The van der Waals surface area contributed by atoms with Gasteiger partial charge in [0.05, 0.1) is 6.10 Å². The van der Waals surface area contributed by atoms with E-state index in [0.29, 0.717) is 24.6 Å². The lowest BCUT2D eigenvalue weighted by Gasteiger charge is -2.29. The van der Waals surface area contributed by atoms with E-state index in [1.165, 1.54) is 19.1 Å². The van der Waals surface area contributed by atoms with Crippen molar-refractivity contribution in [2.75, 3.05) is 31.5 Å². The van der Waals surface area contributed by atoms with Gasteiger partial charge >= 0.3 is 12.0 Å². The predicted molar refractivity (Wildman–Crippen MR) is 122 cm³/mol. The van der Waals surface area contributed by atoms with Gasteiger partial charge in [0, 0.05) is 18.7 Å². The first-order chi connectivity index (χ1) is 16.3. The van der Waals surface area contributed by atoms with E-state index in [4.69, 9.17) is 4.74 Å². The highest BCUT2D eigenvalue weighted by atomic mass is 32.1. The zero-order valence-corrected chi connectivity index (χ0v) is 19.6. The molecular weight excluding hydrogens is 470 g/mol. The number of rotatable bonds is 10. The van der Waals surface area contributed by atoms with Gasteiger partial charge in [-0.1, -0.05) is 12.1 Å². The van der Waals surface area contributed by atoms with Crippen LogP contribution in [0.25, 0.3) is 0 Å². The van der Waals surface area contributed by atoms with Crippen molar-refractivity contribution in [3.05, 3.63) is 40.5 Å². The smallest absolute Gasteiger partial charge is 0.344 e. The monoisotopic (exact) mass is 498 g/mol. The number of nitrogens with zero attached hydrogens (tertiary/aromatic N) is 2. The molecule has 2 aromatic rings. The Bertz CT molecular complexity index is 1020. The summed E-state index contributed by atoms with van der Waals surface area (Å²) in [5.41, 5.74) is -0.306. The van der Waals surface area contributed by atoms with Gasteiger partial charge in [-0.3, -0.25) is 5.32 Å². The standard InChI is InChI=1S/C22H28F2N4O5S/c1-13-6-7-14(18(24)17(13)23)12-33-19-16(21(30)31)20(34-27-19)26-22(32)25-8-2-3-9-28-10-4-5-15(29)11-28/h6-7,15,29H,2-5,8-12H2,1H3,(H,30,31)(H2,25,26,32). The number of hydrogen-bond donors (Lipinski definition) is 4. The van der Waals surface area contributed by atoms with Crippen molar-refractivity contribution in [1.82, 2.24) is 14.6 Å². The maximum absolute atomic E-state index is 14.0. The summed E-state index contributed by atoms with van der Waals surface area (Å²) >= 11 is 0.714. The molecule has 0 radical (unpaired) electrons. The number of β-amino-alcohol motifs (C(OH)–C–C–N with tert-alkyl or cyclic N) is 1. The van der Waals surface area contributed by atoms with Gasteiger partial charge in [0.25, 0.3) is 0 Å². The zero-order valence-electron chi connectivity index (χ0n) is 18.8. The highest BCUT2D eigenvalue weighted by Crippen LogP contribution is 2.31. The minimum atomic E-state index is -1.38. The molecule has 9 nitrogen and oxygen atoms in total. The number of benzene rings is 1. The minimum Gasteiger partial charge on any atom is -0.477 e. The molecule has 1 saturated heterocycles. The Morgan fingerprint density at radius 3 is 2.82 bits per heavy atom. The Hall–Kier alpha value is -2.83. The quantitative estimate of drug-likeness (QED) is 0.370. The summed E-state index contributed by atoms with van der Waals surface area (Å²) in [4.78, 5) is 26.1. The van der Waals surface area contributed by atoms with E-state index < -0.39 is 30.2 Å². The number of ether oxygens (including phenoxy) is 1. The first-order valence-corrected chi connectivity index (χ1v) is 11.8. The lowest BCUT2D eigenvalue weighted by molar-refractivity contribution is 0.0690. The number of unbranched alkanes of at least 4 members (excludes halogenated alkanes) is 1. The van der Waals surface area contributed by atoms with Crippen LogP contribution in [0.2, 0.25) is 0 Å². The number of aliphatic hydroxyl groups excluding tert-OH is 1. The molecule has 0 bridgehead atoms. The van der Waals surface area contributed by atoms with Crippen LogP contribution in [0.15, 0.2) is 12.1 Å². The molecule has 1 atom stereocenters. The molecule has 1 aromatic heterocycles. The van der Waals surface area contributed by atoms with Gasteiger partial charge in [-0.25, -0.2) is 18.4 Å². The van der Waals surface area contributed by atoms with Crippen molar-refractivity contribution in [3.8, 4) is 5.88 Å². The van der Waals surface area contributed by atoms with E-state index in [2.05, 4.69) is 19.9 Å². The summed E-state index contributed by atoms with van der Waals surface area (Å²) in [5.74, 6) is -3.73. The Kier molecular flexibility index (Phi) is 9.13. The summed E-state index contributed by atoms with van der Waals surface area (Å²) in [7, 11) is 0. The molecule has 1 unspecified atom stereocenters. The normalized spacial score (nSPS) is 16.3. The number of nitrogens with one attached hydrogen (secondary N) is 2. The molecule has 34 heavy (non-hydrogen) atoms. The van der Waals surface area contributed by atoms with Crippen molar-refractivity contribution >= 4 is 28.5 Å². The maximum atomic E-state index is 14.0. The number of urea groups is 1. The molecule has 2 heterocycles. The number of carbonyl (C=O) groups excluding carboxylic acids is 1. The van der Waals surface area contributed by atoms with Gasteiger partial charge < -0.3 is 25.2 Å². The second kappa shape index (κ2) is 12.0. The largest absolute Gasteiger partial charge is 0.477 e. The molecule has 1 aromatic carbocycles. The number of anilines is 1. The fourth-order valence-electron chi connectivity index (χ4n) is 3.64. The number of hydrogen-bond acceptors (Lipinski definition) is 7. The number of carboxylic acid groups (broad SMARTS) is 1. The van der Waals surface area contributed by atoms with Crippen LogP contribution in [0.3, 0.4) is 0 Å². The summed E-state index contributed by atoms with van der Waals surface area (Å²) in [6, 6.07) is 2.15. The van der Waals surface area contributed by atoms with Crippen LogP contribution < -0.4 is 15.4 Å². The van der Waals surface area contributed by atoms with E-state index in [1.807, 2.05) is 0 Å². The maximum Gasteiger partial charge on any atom is 0.344 e. The molecule has 0 spiro atoms. The number of amides is 2. The van der Waals surface area contributed by atoms with E-state index in [9.17, 15) is 28.6 Å². The number of aromatic nitrogens is 1. The third kappa shape index (κ3) is 6.84. The van der Waals surface area contributed by atoms with Gasteiger partial charge in [-0.15, -0.1) is 0 Å². The molecule has 1 fully saturated rings. The number of aliphatic hydroxyl groups is 1. The fourth-order valence-corrected chi connectivity index (χ4v) is 4.36. The number of aryl methyl sites for hydroxylation is 1. The van der Waals surface area contributed by atoms with Crippen LogP contribution in [0, 0.1) is 18.6 Å². The summed E-state index contributed by atoms with van der Waals surface area (Å²) in [5, 5.41) is 24.3. The molecule has 1 aliphatic rings. The second-order valence-corrected chi connectivity index (χ2v) is 8.91. The highest BCUT2D eigenvalue weighted by Gasteiger charge is 2.24. The minimum absolute atomic E-state index is 0.0298. The highest BCUT2D eigenvalue weighted by molar-refractivity contribution is 7.11. The number of piperidine rings is 1. The average molecular weight is 499 g/mol. The van der Waals surface area contributed by atoms with Crippen molar-refractivity contribution in [1.29, 1.82) is 0 Å². The topological polar surface area (TPSA) is 124 Å². The van der Waals surface area contributed by atoms with Crippen LogP contribution in [-0.2, 0) is 6.61 Å². The van der Waals surface area contributed by atoms with Gasteiger partial charge in [-0.05, 0) is 62.8 Å². The molecule has 0 aliphatic carbocycles. The Morgan fingerprint density at radius 1 is 1.29 bits per heavy atom. The van der Waals surface area contributed by atoms with Crippen molar-refractivity contribution in [2.24, 2.45) is 0 Å². The van der Waals surface area contributed by atoms with E-state index in [0.717, 1.165) is 38.8 Å². The molecule has 186 valence electrons. The van der Waals surface area contributed by atoms with E-state index >= 15 is 0 Å². The van der Waals surface area contributed by atoms with Crippen LogP contribution in [0.5, 0.6) is 5.88 Å².